The lowest BCUT2D eigenvalue weighted by Crippen LogP contribution is -2.35. The Hall–Kier alpha value is -3.08. The Bertz CT molecular complexity index is 1050. The Balaban J connectivity index is 1.75. The van der Waals surface area contributed by atoms with Crippen molar-refractivity contribution in [3.63, 3.8) is 0 Å². The van der Waals surface area contributed by atoms with Gasteiger partial charge in [-0.2, -0.15) is 0 Å². The van der Waals surface area contributed by atoms with E-state index in [1.807, 2.05) is 60.7 Å². The highest BCUT2D eigenvalue weighted by Crippen LogP contribution is 2.21. The summed E-state index contributed by atoms with van der Waals surface area (Å²) in [4.78, 5) is 25.5. The number of hydrogen-bond donors (Lipinski definition) is 2. The van der Waals surface area contributed by atoms with E-state index in [9.17, 15) is 9.59 Å². The van der Waals surface area contributed by atoms with Crippen LogP contribution in [0.4, 0.5) is 0 Å². The first-order valence-electron chi connectivity index (χ1n) is 9.38. The Kier molecular flexibility index (Phi) is 7.66. The van der Waals surface area contributed by atoms with Gasteiger partial charge in [-0.1, -0.05) is 83.9 Å². The molecule has 0 aromatic heterocycles. The Morgan fingerprint density at radius 1 is 0.867 bits per heavy atom. The Labute approximate surface area is 185 Å². The van der Waals surface area contributed by atoms with Gasteiger partial charge in [0.1, 0.15) is 5.70 Å². The molecule has 0 bridgehead atoms. The van der Waals surface area contributed by atoms with Gasteiger partial charge in [-0.05, 0) is 41.8 Å². The molecule has 0 atom stereocenters. The van der Waals surface area contributed by atoms with Crippen molar-refractivity contribution in [2.45, 2.75) is 6.42 Å². The summed E-state index contributed by atoms with van der Waals surface area (Å²) >= 11 is 12.0. The molecule has 0 spiro atoms. The molecule has 4 nitrogen and oxygen atoms in total. The zero-order valence-corrected chi connectivity index (χ0v) is 17.6. The highest BCUT2D eigenvalue weighted by atomic mass is 35.5. The third-order valence-electron chi connectivity index (χ3n) is 4.32. The first kappa shape index (κ1) is 21.6. The molecule has 0 aliphatic rings. The van der Waals surface area contributed by atoms with Crippen molar-refractivity contribution in [3.05, 3.63) is 111 Å². The molecular weight excluding hydrogens is 419 g/mol. The van der Waals surface area contributed by atoms with E-state index in [0.29, 0.717) is 18.0 Å². The molecule has 0 aliphatic heterocycles. The Morgan fingerprint density at radius 3 is 2.20 bits per heavy atom. The van der Waals surface area contributed by atoms with Gasteiger partial charge in [0.15, 0.2) is 0 Å². The van der Waals surface area contributed by atoms with Gasteiger partial charge >= 0.3 is 0 Å². The van der Waals surface area contributed by atoms with Gasteiger partial charge in [0.25, 0.3) is 11.8 Å². The van der Waals surface area contributed by atoms with E-state index in [1.54, 1.807) is 12.1 Å². The maximum absolute atomic E-state index is 12.8. The lowest BCUT2D eigenvalue weighted by Gasteiger charge is -2.12. The molecule has 2 N–H and O–H groups in total. The second-order valence-corrected chi connectivity index (χ2v) is 7.38. The van der Waals surface area contributed by atoms with Crippen LogP contribution in [0.1, 0.15) is 21.5 Å². The van der Waals surface area contributed by atoms with E-state index in [0.717, 1.165) is 11.1 Å². The van der Waals surface area contributed by atoms with Crippen molar-refractivity contribution in [2.75, 3.05) is 6.54 Å². The minimum absolute atomic E-state index is 0.130. The number of benzene rings is 3. The summed E-state index contributed by atoms with van der Waals surface area (Å²) in [6.45, 7) is 0.437. The van der Waals surface area contributed by atoms with Gasteiger partial charge in [-0.3, -0.25) is 9.59 Å². The maximum Gasteiger partial charge on any atom is 0.267 e. The van der Waals surface area contributed by atoms with E-state index >= 15 is 0 Å². The molecule has 3 rings (SSSR count). The first-order valence-corrected chi connectivity index (χ1v) is 10.1. The molecule has 30 heavy (non-hydrogen) atoms. The van der Waals surface area contributed by atoms with Gasteiger partial charge in [-0.25, -0.2) is 0 Å². The van der Waals surface area contributed by atoms with E-state index < -0.39 is 5.91 Å². The maximum atomic E-state index is 12.8. The van der Waals surface area contributed by atoms with Gasteiger partial charge in [0.2, 0.25) is 0 Å². The molecule has 3 aromatic carbocycles. The summed E-state index contributed by atoms with van der Waals surface area (Å²) in [6.07, 6.45) is 2.31. The number of carbonyl (C=O) groups is 2. The zero-order valence-electron chi connectivity index (χ0n) is 16.1. The molecule has 3 aromatic rings. The molecule has 0 saturated heterocycles. The number of hydrogen-bond acceptors (Lipinski definition) is 2. The average Bonchev–Trinajstić information content (AvgIpc) is 2.74. The minimum Gasteiger partial charge on any atom is -0.350 e. The van der Waals surface area contributed by atoms with Crippen molar-refractivity contribution in [1.29, 1.82) is 0 Å². The number of nitrogens with one attached hydrogen (secondary N) is 2. The standard InChI is InChI=1S/C24H20Cl2N2O2/c25-19-11-12-20(21(26)16-19)23(29)28-22(15-18-9-5-2-6-10-18)24(30)27-14-13-17-7-3-1-4-8-17/h1-12,15-16H,13-14H2,(H,27,30)(H,28,29)/b22-15-. The molecule has 0 aliphatic carbocycles. The van der Waals surface area contributed by atoms with E-state index in [2.05, 4.69) is 10.6 Å². The molecular formula is C24H20Cl2N2O2. The Morgan fingerprint density at radius 2 is 1.53 bits per heavy atom. The minimum atomic E-state index is -0.489. The summed E-state index contributed by atoms with van der Waals surface area (Å²) < 4.78 is 0. The second-order valence-electron chi connectivity index (χ2n) is 6.54. The van der Waals surface area contributed by atoms with Crippen molar-refractivity contribution >= 4 is 41.1 Å². The average molecular weight is 439 g/mol. The number of amides is 2. The highest BCUT2D eigenvalue weighted by molar-refractivity contribution is 6.36. The van der Waals surface area contributed by atoms with Gasteiger partial charge in [0, 0.05) is 11.6 Å². The SMILES string of the molecule is O=C(NCCc1ccccc1)/C(=C/c1ccccc1)NC(=O)c1ccc(Cl)cc1Cl. The van der Waals surface area contributed by atoms with Crippen LogP contribution < -0.4 is 10.6 Å². The first-order chi connectivity index (χ1) is 14.5. The third-order valence-corrected chi connectivity index (χ3v) is 4.87. The largest absolute Gasteiger partial charge is 0.350 e. The van der Waals surface area contributed by atoms with Crippen LogP contribution in [0.25, 0.3) is 6.08 Å². The van der Waals surface area contributed by atoms with Crippen LogP contribution in [0.3, 0.4) is 0 Å². The summed E-state index contributed by atoms with van der Waals surface area (Å²) in [5.41, 5.74) is 2.26. The number of rotatable bonds is 7. The van der Waals surface area contributed by atoms with E-state index in [-0.39, 0.29) is 22.2 Å². The van der Waals surface area contributed by atoms with E-state index in [4.69, 9.17) is 23.2 Å². The molecule has 0 saturated carbocycles. The molecule has 2 amide bonds. The number of carbonyl (C=O) groups excluding carboxylic acids is 2. The summed E-state index contributed by atoms with van der Waals surface area (Å²) in [5, 5.41) is 6.17. The van der Waals surface area contributed by atoms with Crippen LogP contribution >= 0.6 is 23.2 Å². The van der Waals surface area contributed by atoms with Crippen LogP contribution in [-0.4, -0.2) is 18.4 Å². The smallest absolute Gasteiger partial charge is 0.267 e. The highest BCUT2D eigenvalue weighted by Gasteiger charge is 2.16. The van der Waals surface area contributed by atoms with Crippen LogP contribution in [-0.2, 0) is 11.2 Å². The van der Waals surface area contributed by atoms with Crippen molar-refractivity contribution in [1.82, 2.24) is 10.6 Å². The third kappa shape index (κ3) is 6.21. The predicted octanol–water partition coefficient (Wildman–Crippen LogP) is 5.12. The monoisotopic (exact) mass is 438 g/mol. The van der Waals surface area contributed by atoms with Crippen LogP contribution in [0.5, 0.6) is 0 Å². The lowest BCUT2D eigenvalue weighted by atomic mass is 10.1. The van der Waals surface area contributed by atoms with Crippen LogP contribution in [0, 0.1) is 0 Å². The fraction of sp³-hybridized carbons (Fsp3) is 0.0833. The normalized spacial score (nSPS) is 11.1. The van der Waals surface area contributed by atoms with E-state index in [1.165, 1.54) is 12.1 Å². The van der Waals surface area contributed by atoms with Gasteiger partial charge < -0.3 is 10.6 Å². The van der Waals surface area contributed by atoms with Gasteiger partial charge in [-0.15, -0.1) is 0 Å². The van der Waals surface area contributed by atoms with Crippen molar-refractivity contribution in [2.24, 2.45) is 0 Å². The quantitative estimate of drug-likeness (QED) is 0.502. The fourth-order valence-electron chi connectivity index (χ4n) is 2.80. The zero-order chi connectivity index (χ0) is 21.3. The van der Waals surface area contributed by atoms with Crippen molar-refractivity contribution < 1.29 is 9.59 Å². The lowest BCUT2D eigenvalue weighted by molar-refractivity contribution is -0.117. The number of halogens is 2. The molecule has 6 heteroatoms. The molecule has 0 unspecified atom stereocenters. The molecule has 0 fully saturated rings. The fourth-order valence-corrected chi connectivity index (χ4v) is 3.29. The summed E-state index contributed by atoms with van der Waals surface area (Å²) in [5.74, 6) is -0.870. The molecule has 152 valence electrons. The topological polar surface area (TPSA) is 58.2 Å². The summed E-state index contributed by atoms with van der Waals surface area (Å²) in [6, 6.07) is 23.7. The van der Waals surface area contributed by atoms with Crippen LogP contribution in [0.2, 0.25) is 10.0 Å². The predicted molar refractivity (Wildman–Crippen MR) is 122 cm³/mol. The van der Waals surface area contributed by atoms with Crippen molar-refractivity contribution in [3.8, 4) is 0 Å². The summed E-state index contributed by atoms with van der Waals surface area (Å²) in [7, 11) is 0. The second kappa shape index (κ2) is 10.6. The molecule has 0 heterocycles. The van der Waals surface area contributed by atoms with Crippen LogP contribution in [0.15, 0.2) is 84.6 Å². The van der Waals surface area contributed by atoms with Gasteiger partial charge in [0.05, 0.1) is 10.6 Å². The molecule has 0 radical (unpaired) electrons.